The number of nitrogens with zero attached hydrogens (tertiary/aromatic N) is 1. The molecule has 118 valence electrons. The molecule has 0 saturated carbocycles. The van der Waals surface area contributed by atoms with Gasteiger partial charge in [-0.25, -0.2) is 0 Å². The second kappa shape index (κ2) is 9.50. The van der Waals surface area contributed by atoms with Gasteiger partial charge in [0.05, 0.1) is 20.1 Å². The zero-order valence-electron chi connectivity index (χ0n) is 13.2. The van der Waals surface area contributed by atoms with E-state index in [0.717, 1.165) is 18.7 Å². The SMILES string of the molecule is COCCN(CCC(=O)OC)Cc1ccc(CN)cc1C. The van der Waals surface area contributed by atoms with E-state index in [1.54, 1.807) is 7.11 Å². The molecular weight excluding hydrogens is 268 g/mol. The number of ether oxygens (including phenoxy) is 2. The Balaban J connectivity index is 2.68. The first-order chi connectivity index (χ1) is 10.1. The fourth-order valence-corrected chi connectivity index (χ4v) is 2.15. The Morgan fingerprint density at radius 2 is 2.05 bits per heavy atom. The fraction of sp³-hybridized carbons (Fsp3) is 0.562. The molecule has 0 aromatic heterocycles. The second-order valence-corrected chi connectivity index (χ2v) is 5.06. The maximum atomic E-state index is 11.3. The number of carbonyl (C=O) groups is 1. The van der Waals surface area contributed by atoms with Crippen LogP contribution in [0.25, 0.3) is 0 Å². The van der Waals surface area contributed by atoms with Crippen LogP contribution >= 0.6 is 0 Å². The highest BCUT2D eigenvalue weighted by molar-refractivity contribution is 5.69. The van der Waals surface area contributed by atoms with Gasteiger partial charge in [0.15, 0.2) is 0 Å². The van der Waals surface area contributed by atoms with Crippen LogP contribution in [0.3, 0.4) is 0 Å². The van der Waals surface area contributed by atoms with E-state index in [0.29, 0.717) is 26.1 Å². The summed E-state index contributed by atoms with van der Waals surface area (Å²) >= 11 is 0. The van der Waals surface area contributed by atoms with Crippen molar-refractivity contribution >= 4 is 5.97 Å². The van der Waals surface area contributed by atoms with Gasteiger partial charge in [0, 0.05) is 33.3 Å². The largest absolute Gasteiger partial charge is 0.469 e. The van der Waals surface area contributed by atoms with Gasteiger partial charge in [-0.1, -0.05) is 18.2 Å². The van der Waals surface area contributed by atoms with Gasteiger partial charge < -0.3 is 15.2 Å². The molecule has 5 nitrogen and oxygen atoms in total. The van der Waals surface area contributed by atoms with E-state index in [-0.39, 0.29) is 5.97 Å². The van der Waals surface area contributed by atoms with Crippen LogP contribution in [0.5, 0.6) is 0 Å². The lowest BCUT2D eigenvalue weighted by atomic mass is 10.0. The van der Waals surface area contributed by atoms with Crippen molar-refractivity contribution in [3.8, 4) is 0 Å². The third kappa shape index (κ3) is 6.25. The van der Waals surface area contributed by atoms with E-state index >= 15 is 0 Å². The molecule has 2 N–H and O–H groups in total. The van der Waals surface area contributed by atoms with Crippen LogP contribution in [-0.4, -0.2) is 44.8 Å². The summed E-state index contributed by atoms with van der Waals surface area (Å²) in [5.74, 6) is -0.187. The van der Waals surface area contributed by atoms with Crippen molar-refractivity contribution in [2.24, 2.45) is 5.73 Å². The van der Waals surface area contributed by atoms with Crippen molar-refractivity contribution in [1.82, 2.24) is 4.90 Å². The van der Waals surface area contributed by atoms with E-state index in [2.05, 4.69) is 30.0 Å². The first-order valence-electron chi connectivity index (χ1n) is 7.17. The minimum Gasteiger partial charge on any atom is -0.469 e. The number of benzene rings is 1. The summed E-state index contributed by atoms with van der Waals surface area (Å²) in [6.45, 7) is 5.51. The van der Waals surface area contributed by atoms with Crippen LogP contribution in [0.2, 0.25) is 0 Å². The molecule has 0 heterocycles. The van der Waals surface area contributed by atoms with Crippen LogP contribution in [0, 0.1) is 6.92 Å². The fourth-order valence-electron chi connectivity index (χ4n) is 2.15. The molecule has 0 radical (unpaired) electrons. The number of carbonyl (C=O) groups excluding carboxylic acids is 1. The van der Waals surface area contributed by atoms with Gasteiger partial charge in [-0.3, -0.25) is 9.69 Å². The monoisotopic (exact) mass is 294 g/mol. The van der Waals surface area contributed by atoms with E-state index in [1.807, 2.05) is 0 Å². The molecular formula is C16H26N2O3. The van der Waals surface area contributed by atoms with Crippen molar-refractivity contribution in [2.75, 3.05) is 33.9 Å². The second-order valence-electron chi connectivity index (χ2n) is 5.06. The number of rotatable bonds is 9. The Hall–Kier alpha value is -1.43. The van der Waals surface area contributed by atoms with E-state index in [9.17, 15) is 4.79 Å². The summed E-state index contributed by atoms with van der Waals surface area (Å²) in [4.78, 5) is 13.5. The summed E-state index contributed by atoms with van der Waals surface area (Å²) in [5, 5.41) is 0. The van der Waals surface area contributed by atoms with Crippen LogP contribution in [0.1, 0.15) is 23.1 Å². The summed E-state index contributed by atoms with van der Waals surface area (Å²) < 4.78 is 9.83. The van der Waals surface area contributed by atoms with Gasteiger partial charge in [-0.15, -0.1) is 0 Å². The molecule has 0 aliphatic rings. The third-order valence-electron chi connectivity index (χ3n) is 3.51. The Morgan fingerprint density at radius 3 is 2.62 bits per heavy atom. The molecule has 0 aliphatic heterocycles. The molecule has 0 atom stereocenters. The highest BCUT2D eigenvalue weighted by Gasteiger charge is 2.10. The zero-order valence-corrected chi connectivity index (χ0v) is 13.2. The highest BCUT2D eigenvalue weighted by atomic mass is 16.5. The van der Waals surface area contributed by atoms with Gasteiger partial charge >= 0.3 is 5.97 Å². The first-order valence-corrected chi connectivity index (χ1v) is 7.17. The quantitative estimate of drug-likeness (QED) is 0.699. The molecule has 0 unspecified atom stereocenters. The van der Waals surface area contributed by atoms with Crippen molar-refractivity contribution in [1.29, 1.82) is 0 Å². The Labute approximate surface area is 127 Å². The molecule has 21 heavy (non-hydrogen) atoms. The summed E-state index contributed by atoms with van der Waals surface area (Å²) in [5.41, 5.74) is 9.25. The topological polar surface area (TPSA) is 64.8 Å². The molecule has 0 aliphatic carbocycles. The van der Waals surface area contributed by atoms with Gasteiger partial charge in [-0.05, 0) is 23.6 Å². The molecule has 0 spiro atoms. The van der Waals surface area contributed by atoms with Crippen molar-refractivity contribution in [2.45, 2.75) is 26.4 Å². The van der Waals surface area contributed by atoms with Crippen LogP contribution in [-0.2, 0) is 27.4 Å². The Kier molecular flexibility index (Phi) is 7.97. The molecule has 0 amide bonds. The third-order valence-corrected chi connectivity index (χ3v) is 3.51. The Morgan fingerprint density at radius 1 is 1.29 bits per heavy atom. The number of methoxy groups -OCH3 is 2. The number of hydrogen-bond acceptors (Lipinski definition) is 5. The van der Waals surface area contributed by atoms with Crippen molar-refractivity contribution in [3.63, 3.8) is 0 Å². The standard InChI is InChI=1S/C16H26N2O3/c1-13-10-14(11-17)4-5-15(13)12-18(8-9-20-2)7-6-16(19)21-3/h4-5,10H,6-9,11-12,17H2,1-3H3. The minimum absolute atomic E-state index is 0.187. The van der Waals surface area contributed by atoms with E-state index < -0.39 is 0 Å². The lowest BCUT2D eigenvalue weighted by Gasteiger charge is -2.22. The highest BCUT2D eigenvalue weighted by Crippen LogP contribution is 2.14. The predicted octanol–water partition coefficient (Wildman–Crippen LogP) is 1.47. The molecule has 0 bridgehead atoms. The summed E-state index contributed by atoms with van der Waals surface area (Å²) in [6.07, 6.45) is 0.389. The number of aryl methyl sites for hydroxylation is 1. The smallest absolute Gasteiger partial charge is 0.306 e. The first kappa shape index (κ1) is 17.6. The van der Waals surface area contributed by atoms with Gasteiger partial charge in [0.2, 0.25) is 0 Å². The lowest BCUT2D eigenvalue weighted by Crippen LogP contribution is -2.30. The van der Waals surface area contributed by atoms with Crippen LogP contribution < -0.4 is 5.73 Å². The van der Waals surface area contributed by atoms with Gasteiger partial charge in [0.25, 0.3) is 0 Å². The molecule has 0 fully saturated rings. The average Bonchev–Trinajstić information content (AvgIpc) is 2.50. The molecule has 1 rings (SSSR count). The van der Waals surface area contributed by atoms with Crippen molar-refractivity contribution < 1.29 is 14.3 Å². The number of nitrogens with two attached hydrogens (primary N) is 1. The molecule has 1 aromatic carbocycles. The summed E-state index contributed by atoms with van der Waals surface area (Å²) in [6, 6.07) is 6.27. The number of esters is 1. The molecule has 5 heteroatoms. The van der Waals surface area contributed by atoms with E-state index in [1.165, 1.54) is 18.2 Å². The lowest BCUT2D eigenvalue weighted by molar-refractivity contribution is -0.141. The van der Waals surface area contributed by atoms with E-state index in [4.69, 9.17) is 15.2 Å². The molecule has 0 saturated heterocycles. The zero-order chi connectivity index (χ0) is 15.7. The minimum atomic E-state index is -0.187. The maximum absolute atomic E-state index is 11.3. The Bertz CT molecular complexity index is 449. The molecule has 1 aromatic rings. The normalized spacial score (nSPS) is 10.9. The number of hydrogen-bond donors (Lipinski definition) is 1. The van der Waals surface area contributed by atoms with Crippen LogP contribution in [0.4, 0.5) is 0 Å². The summed E-state index contributed by atoms with van der Waals surface area (Å²) in [7, 11) is 3.09. The van der Waals surface area contributed by atoms with Crippen molar-refractivity contribution in [3.05, 3.63) is 34.9 Å². The average molecular weight is 294 g/mol. The van der Waals surface area contributed by atoms with Crippen LogP contribution in [0.15, 0.2) is 18.2 Å². The predicted molar refractivity (Wildman–Crippen MR) is 82.9 cm³/mol. The van der Waals surface area contributed by atoms with Gasteiger partial charge in [0.1, 0.15) is 0 Å². The maximum Gasteiger partial charge on any atom is 0.306 e. The van der Waals surface area contributed by atoms with Gasteiger partial charge in [-0.2, -0.15) is 0 Å².